The maximum absolute atomic E-state index is 11.7. The van der Waals surface area contributed by atoms with E-state index in [4.69, 9.17) is 0 Å². The summed E-state index contributed by atoms with van der Waals surface area (Å²) in [6.45, 7) is 6.46. The second kappa shape index (κ2) is 4.44. The fraction of sp³-hybridized carbons (Fsp3) is 0.650. The standard InChI is InChI=1S/C20H26O2/c1-12-10-18-17-6-4-13-11-14(21)5-7-15(13)16(17)8-9-19(18,2)20(12,3)22/h8-9,11-12,17-18,22H,4-7,10H2,1-3H3/t12-,17+,18-,19-,20-/m0/s1. The van der Waals surface area contributed by atoms with Gasteiger partial charge in [-0.1, -0.05) is 26.0 Å². The van der Waals surface area contributed by atoms with Crippen LogP contribution in [-0.4, -0.2) is 16.5 Å². The molecule has 118 valence electrons. The van der Waals surface area contributed by atoms with Gasteiger partial charge in [0.2, 0.25) is 0 Å². The van der Waals surface area contributed by atoms with Crippen LogP contribution in [0.25, 0.3) is 0 Å². The van der Waals surface area contributed by atoms with Crippen molar-refractivity contribution in [1.29, 1.82) is 0 Å². The molecule has 2 heteroatoms. The quantitative estimate of drug-likeness (QED) is 0.735. The highest BCUT2D eigenvalue weighted by molar-refractivity contribution is 5.93. The van der Waals surface area contributed by atoms with E-state index >= 15 is 0 Å². The molecule has 0 aromatic carbocycles. The van der Waals surface area contributed by atoms with E-state index in [0.29, 0.717) is 30.0 Å². The number of fused-ring (bicyclic) bond motifs is 4. The molecule has 1 N–H and O–H groups in total. The fourth-order valence-electron chi connectivity index (χ4n) is 5.55. The molecule has 2 nitrogen and oxygen atoms in total. The van der Waals surface area contributed by atoms with E-state index in [2.05, 4.69) is 26.0 Å². The van der Waals surface area contributed by atoms with E-state index in [1.807, 2.05) is 13.0 Å². The molecule has 0 radical (unpaired) electrons. The average molecular weight is 298 g/mol. The molecular weight excluding hydrogens is 272 g/mol. The van der Waals surface area contributed by atoms with Crippen molar-refractivity contribution in [1.82, 2.24) is 0 Å². The lowest BCUT2D eigenvalue weighted by atomic mass is 9.58. The molecule has 0 aromatic rings. The van der Waals surface area contributed by atoms with Crippen LogP contribution in [0.1, 0.15) is 52.9 Å². The lowest BCUT2D eigenvalue weighted by molar-refractivity contribution is -0.114. The summed E-state index contributed by atoms with van der Waals surface area (Å²) in [4.78, 5) is 11.7. The minimum atomic E-state index is -0.622. The zero-order valence-electron chi connectivity index (χ0n) is 13.9. The topological polar surface area (TPSA) is 37.3 Å². The van der Waals surface area contributed by atoms with Crippen LogP contribution in [0.2, 0.25) is 0 Å². The first-order valence-corrected chi connectivity index (χ1v) is 8.73. The van der Waals surface area contributed by atoms with Gasteiger partial charge in [-0.3, -0.25) is 4.79 Å². The number of carbonyl (C=O) groups is 1. The Hall–Kier alpha value is -1.15. The number of hydrogen-bond acceptors (Lipinski definition) is 2. The Morgan fingerprint density at radius 2 is 2.00 bits per heavy atom. The van der Waals surface area contributed by atoms with Gasteiger partial charge in [-0.2, -0.15) is 0 Å². The Bertz CT molecular complexity index is 634. The van der Waals surface area contributed by atoms with Crippen LogP contribution in [0.4, 0.5) is 0 Å². The Kier molecular flexibility index (Phi) is 2.92. The highest BCUT2D eigenvalue weighted by Crippen LogP contribution is 2.62. The number of hydrogen-bond donors (Lipinski definition) is 1. The molecule has 4 aliphatic carbocycles. The highest BCUT2D eigenvalue weighted by Gasteiger charge is 2.60. The fourth-order valence-corrected chi connectivity index (χ4v) is 5.55. The molecule has 0 bridgehead atoms. The van der Waals surface area contributed by atoms with E-state index < -0.39 is 5.60 Å². The molecule has 4 rings (SSSR count). The van der Waals surface area contributed by atoms with Gasteiger partial charge in [-0.15, -0.1) is 0 Å². The van der Waals surface area contributed by atoms with Crippen LogP contribution in [0, 0.1) is 23.2 Å². The van der Waals surface area contributed by atoms with Crippen molar-refractivity contribution in [3.63, 3.8) is 0 Å². The summed E-state index contributed by atoms with van der Waals surface area (Å²) in [6.07, 6.45) is 11.3. The Balaban J connectivity index is 1.83. The van der Waals surface area contributed by atoms with Gasteiger partial charge in [0.15, 0.2) is 5.78 Å². The molecule has 22 heavy (non-hydrogen) atoms. The molecule has 0 heterocycles. The van der Waals surface area contributed by atoms with Crippen molar-refractivity contribution in [2.75, 3.05) is 0 Å². The number of rotatable bonds is 0. The average Bonchev–Trinajstić information content (AvgIpc) is 2.66. The minimum absolute atomic E-state index is 0.118. The molecule has 0 saturated heterocycles. The first kappa shape index (κ1) is 14.4. The first-order chi connectivity index (χ1) is 10.3. The van der Waals surface area contributed by atoms with Crippen LogP contribution < -0.4 is 0 Å². The van der Waals surface area contributed by atoms with E-state index in [9.17, 15) is 9.90 Å². The van der Waals surface area contributed by atoms with Crippen LogP contribution in [-0.2, 0) is 4.79 Å². The third-order valence-electron chi connectivity index (χ3n) is 7.34. The lowest BCUT2D eigenvalue weighted by Gasteiger charge is -2.48. The van der Waals surface area contributed by atoms with Gasteiger partial charge in [0.25, 0.3) is 0 Å². The van der Waals surface area contributed by atoms with Gasteiger partial charge in [0.1, 0.15) is 0 Å². The maximum atomic E-state index is 11.7. The molecule has 1 saturated carbocycles. The Morgan fingerprint density at radius 3 is 2.77 bits per heavy atom. The van der Waals surface area contributed by atoms with Crippen LogP contribution >= 0.6 is 0 Å². The van der Waals surface area contributed by atoms with Gasteiger partial charge in [-0.05, 0) is 73.2 Å². The summed E-state index contributed by atoms with van der Waals surface area (Å²) < 4.78 is 0. The van der Waals surface area contributed by atoms with Crippen molar-refractivity contribution in [3.8, 4) is 0 Å². The normalized spacial score (nSPS) is 47.0. The summed E-state index contributed by atoms with van der Waals surface area (Å²) in [7, 11) is 0. The maximum Gasteiger partial charge on any atom is 0.156 e. The summed E-state index contributed by atoms with van der Waals surface area (Å²) >= 11 is 0. The van der Waals surface area contributed by atoms with Gasteiger partial charge >= 0.3 is 0 Å². The molecule has 1 fully saturated rings. The molecule has 0 aromatic heterocycles. The van der Waals surface area contributed by atoms with E-state index in [1.165, 1.54) is 16.7 Å². The zero-order chi connectivity index (χ0) is 15.7. The summed E-state index contributed by atoms with van der Waals surface area (Å²) in [5, 5.41) is 11.1. The molecule has 0 aliphatic heterocycles. The molecular formula is C20H26O2. The molecule has 0 spiro atoms. The van der Waals surface area contributed by atoms with Gasteiger partial charge < -0.3 is 5.11 Å². The van der Waals surface area contributed by atoms with Gasteiger partial charge in [-0.25, -0.2) is 0 Å². The second-order valence-corrected chi connectivity index (χ2v) is 8.22. The third-order valence-corrected chi connectivity index (χ3v) is 7.34. The third kappa shape index (κ3) is 1.68. The largest absolute Gasteiger partial charge is 0.389 e. The van der Waals surface area contributed by atoms with E-state index in [0.717, 1.165) is 25.7 Å². The lowest BCUT2D eigenvalue weighted by Crippen LogP contribution is -2.47. The monoisotopic (exact) mass is 298 g/mol. The predicted octanol–water partition coefficient (Wildman–Crippen LogP) is 3.97. The van der Waals surface area contributed by atoms with Crippen molar-refractivity contribution in [2.24, 2.45) is 23.2 Å². The van der Waals surface area contributed by atoms with Gasteiger partial charge in [0.05, 0.1) is 5.60 Å². The van der Waals surface area contributed by atoms with Gasteiger partial charge in [0, 0.05) is 11.8 Å². The second-order valence-electron chi connectivity index (χ2n) is 8.22. The van der Waals surface area contributed by atoms with E-state index in [-0.39, 0.29) is 5.41 Å². The zero-order valence-corrected chi connectivity index (χ0v) is 13.9. The number of aliphatic hydroxyl groups is 1. The molecule has 0 unspecified atom stereocenters. The Labute approximate surface area is 133 Å². The van der Waals surface area contributed by atoms with Crippen molar-refractivity contribution in [3.05, 3.63) is 34.9 Å². The first-order valence-electron chi connectivity index (χ1n) is 8.73. The number of allylic oxidation sites excluding steroid dienone is 5. The van der Waals surface area contributed by atoms with Crippen molar-refractivity contribution < 1.29 is 9.90 Å². The van der Waals surface area contributed by atoms with E-state index in [1.54, 1.807) is 0 Å². The summed E-state index contributed by atoms with van der Waals surface area (Å²) in [5.41, 5.74) is 3.45. The highest BCUT2D eigenvalue weighted by atomic mass is 16.3. The summed E-state index contributed by atoms with van der Waals surface area (Å²) in [6, 6.07) is 0. The predicted molar refractivity (Wildman–Crippen MR) is 87.2 cm³/mol. The van der Waals surface area contributed by atoms with Crippen molar-refractivity contribution >= 4 is 5.78 Å². The Morgan fingerprint density at radius 1 is 1.23 bits per heavy atom. The molecule has 5 atom stereocenters. The SMILES string of the molecule is C[C@H]1C[C@H]2[C@@H]3CCC4=CC(=O)CCC4=C3C=C[C@]2(C)[C@@]1(C)O. The molecule has 0 amide bonds. The summed E-state index contributed by atoms with van der Waals surface area (Å²) in [5.74, 6) is 1.72. The van der Waals surface area contributed by atoms with Crippen LogP contribution in [0.15, 0.2) is 34.9 Å². The van der Waals surface area contributed by atoms with Crippen LogP contribution in [0.5, 0.6) is 0 Å². The van der Waals surface area contributed by atoms with Crippen molar-refractivity contribution in [2.45, 2.75) is 58.5 Å². The number of ketones is 1. The minimum Gasteiger partial charge on any atom is -0.389 e. The van der Waals surface area contributed by atoms with Crippen LogP contribution in [0.3, 0.4) is 0 Å². The smallest absolute Gasteiger partial charge is 0.156 e. The number of carbonyl (C=O) groups excluding carboxylic acids is 1. The molecule has 4 aliphatic rings.